The van der Waals surface area contributed by atoms with Gasteiger partial charge in [-0.3, -0.25) is 9.59 Å². The first-order valence-electron chi connectivity index (χ1n) is 28.5. The highest BCUT2D eigenvalue weighted by Crippen LogP contribution is 2.17. The van der Waals surface area contributed by atoms with Gasteiger partial charge in [0.2, 0.25) is 5.91 Å². The van der Waals surface area contributed by atoms with Crippen molar-refractivity contribution in [3.05, 3.63) is 12.2 Å². The highest BCUT2D eigenvalue weighted by Gasteiger charge is 2.18. The predicted molar refractivity (Wildman–Crippen MR) is 273 cm³/mol. The highest BCUT2D eigenvalue weighted by atomic mass is 16.5. The van der Waals surface area contributed by atoms with Crippen molar-refractivity contribution in [1.29, 1.82) is 0 Å². The van der Waals surface area contributed by atoms with Crippen LogP contribution in [0.3, 0.4) is 0 Å². The Morgan fingerprint density at radius 2 is 0.730 bits per heavy atom. The summed E-state index contributed by atoms with van der Waals surface area (Å²) in [5.74, 6) is -0.0641. The third-order valence-electron chi connectivity index (χ3n) is 13.3. The molecule has 0 spiro atoms. The molecule has 374 valence electrons. The van der Waals surface area contributed by atoms with Crippen molar-refractivity contribution in [3.8, 4) is 0 Å². The summed E-state index contributed by atoms with van der Waals surface area (Å²) in [6.45, 7) is 4.90. The molecule has 0 aliphatic heterocycles. The molecular weight excluding hydrogens is 779 g/mol. The van der Waals surface area contributed by atoms with E-state index in [-0.39, 0.29) is 18.5 Å². The van der Waals surface area contributed by atoms with E-state index in [4.69, 9.17) is 4.74 Å². The lowest BCUT2D eigenvalue weighted by molar-refractivity contribution is -0.143. The molecule has 6 heteroatoms. The molecular formula is C57H111NO5. The number of nitrogens with one attached hydrogen (secondary N) is 1. The number of amides is 1. The molecule has 1 amide bonds. The molecule has 0 heterocycles. The molecule has 3 N–H and O–H groups in total. The fourth-order valence-corrected chi connectivity index (χ4v) is 8.93. The van der Waals surface area contributed by atoms with Crippen molar-refractivity contribution < 1.29 is 24.5 Å². The summed E-state index contributed by atoms with van der Waals surface area (Å²) in [6, 6.07) is -0.630. The smallest absolute Gasteiger partial charge is 0.305 e. The molecule has 0 aromatic rings. The number of hydrogen-bond donors (Lipinski definition) is 3. The molecule has 2 unspecified atom stereocenters. The van der Waals surface area contributed by atoms with Gasteiger partial charge in [-0.25, -0.2) is 0 Å². The first kappa shape index (κ1) is 61.6. The number of hydrogen-bond acceptors (Lipinski definition) is 5. The standard InChI is InChI=1S/C57H111NO5/c1-3-5-7-9-11-13-15-17-18-20-24-27-31-35-39-43-47-51-57(62)63-52-48-44-40-36-32-28-25-22-19-21-23-26-30-34-38-42-46-50-56(61)58-54(53-59)55(60)49-45-41-37-33-29-16-14-12-10-8-6-4-2/h45,49,54-55,59-60H,3-44,46-48,50-53H2,1-2H3,(H,58,61)/b49-45+. The van der Waals surface area contributed by atoms with Gasteiger partial charge in [0.05, 0.1) is 25.4 Å². The molecule has 0 fully saturated rings. The summed E-state index contributed by atoms with van der Waals surface area (Å²) in [5.41, 5.74) is 0. The van der Waals surface area contributed by atoms with Crippen molar-refractivity contribution >= 4 is 11.9 Å². The van der Waals surface area contributed by atoms with E-state index in [1.807, 2.05) is 6.08 Å². The fourth-order valence-electron chi connectivity index (χ4n) is 8.93. The Morgan fingerprint density at radius 1 is 0.429 bits per heavy atom. The minimum Gasteiger partial charge on any atom is -0.466 e. The van der Waals surface area contributed by atoms with Crippen LogP contribution in [-0.4, -0.2) is 47.4 Å². The van der Waals surface area contributed by atoms with E-state index < -0.39 is 12.1 Å². The second kappa shape index (κ2) is 53.2. The number of ether oxygens (including phenoxy) is 1. The van der Waals surface area contributed by atoms with Gasteiger partial charge in [-0.1, -0.05) is 283 Å². The number of unbranched alkanes of at least 4 members (excludes halogenated alkanes) is 42. The van der Waals surface area contributed by atoms with Crippen LogP contribution in [-0.2, 0) is 14.3 Å². The Hall–Kier alpha value is -1.40. The predicted octanol–water partition coefficient (Wildman–Crippen LogP) is 17.3. The van der Waals surface area contributed by atoms with Crippen molar-refractivity contribution in [2.75, 3.05) is 13.2 Å². The van der Waals surface area contributed by atoms with Gasteiger partial charge < -0.3 is 20.3 Å². The van der Waals surface area contributed by atoms with E-state index in [0.717, 1.165) is 38.5 Å². The monoisotopic (exact) mass is 890 g/mol. The molecule has 63 heavy (non-hydrogen) atoms. The van der Waals surface area contributed by atoms with Crippen LogP contribution < -0.4 is 5.32 Å². The zero-order chi connectivity index (χ0) is 45.8. The molecule has 0 rings (SSSR count). The summed E-state index contributed by atoms with van der Waals surface area (Å²) in [4.78, 5) is 24.5. The van der Waals surface area contributed by atoms with Crippen molar-refractivity contribution in [1.82, 2.24) is 5.32 Å². The number of allylic oxidation sites excluding steroid dienone is 1. The van der Waals surface area contributed by atoms with E-state index in [9.17, 15) is 19.8 Å². The van der Waals surface area contributed by atoms with Gasteiger partial charge in [0.1, 0.15) is 0 Å². The largest absolute Gasteiger partial charge is 0.466 e. The minimum absolute atomic E-state index is 0.00864. The van der Waals surface area contributed by atoms with Crippen LogP contribution in [0.2, 0.25) is 0 Å². The molecule has 0 saturated heterocycles. The normalized spacial score (nSPS) is 12.6. The summed E-state index contributed by atoms with van der Waals surface area (Å²) in [7, 11) is 0. The summed E-state index contributed by atoms with van der Waals surface area (Å²) < 4.78 is 5.49. The zero-order valence-electron chi connectivity index (χ0n) is 42.6. The van der Waals surface area contributed by atoms with Crippen LogP contribution in [0, 0.1) is 0 Å². The third-order valence-corrected chi connectivity index (χ3v) is 13.3. The number of carbonyl (C=O) groups is 2. The fraction of sp³-hybridized carbons (Fsp3) is 0.930. The Balaban J connectivity index is 3.40. The lowest BCUT2D eigenvalue weighted by Gasteiger charge is -2.20. The van der Waals surface area contributed by atoms with Gasteiger partial charge in [0.15, 0.2) is 0 Å². The molecule has 0 radical (unpaired) electrons. The molecule has 0 aliphatic carbocycles. The van der Waals surface area contributed by atoms with Crippen LogP contribution in [0.5, 0.6) is 0 Å². The Kier molecular flexibility index (Phi) is 52.0. The molecule has 0 aromatic heterocycles. The second-order valence-electron chi connectivity index (χ2n) is 19.6. The first-order valence-corrected chi connectivity index (χ1v) is 28.5. The SMILES string of the molecule is CCCCCCCCCCCC/C=C/C(O)C(CO)NC(=O)CCCCCCCCCCCCCCCCCCCOC(=O)CCCCCCCCCCCCCCCCCCC. The number of carbonyl (C=O) groups excluding carboxylic acids is 2. The van der Waals surface area contributed by atoms with Crippen molar-refractivity contribution in [2.45, 2.75) is 328 Å². The van der Waals surface area contributed by atoms with E-state index in [0.29, 0.717) is 19.4 Å². The number of esters is 1. The number of aliphatic hydroxyl groups excluding tert-OH is 2. The van der Waals surface area contributed by atoms with Crippen LogP contribution in [0.15, 0.2) is 12.2 Å². The van der Waals surface area contributed by atoms with Crippen LogP contribution in [0.25, 0.3) is 0 Å². The van der Waals surface area contributed by atoms with Crippen LogP contribution in [0.1, 0.15) is 316 Å². The summed E-state index contributed by atoms with van der Waals surface area (Å²) >= 11 is 0. The minimum atomic E-state index is -0.846. The van der Waals surface area contributed by atoms with Gasteiger partial charge in [0.25, 0.3) is 0 Å². The summed E-state index contributed by atoms with van der Waals surface area (Å²) in [5, 5.41) is 23.0. The summed E-state index contributed by atoms with van der Waals surface area (Å²) in [6.07, 6.45) is 62.3. The third kappa shape index (κ3) is 49.9. The van der Waals surface area contributed by atoms with Gasteiger partial charge in [0, 0.05) is 12.8 Å². The van der Waals surface area contributed by atoms with Gasteiger partial charge in [-0.2, -0.15) is 0 Å². The average molecular weight is 891 g/mol. The quantitative estimate of drug-likeness (QED) is 0.0321. The van der Waals surface area contributed by atoms with Gasteiger partial charge >= 0.3 is 5.97 Å². The molecule has 0 aliphatic rings. The number of aliphatic hydroxyl groups is 2. The Labute approximate surface area is 393 Å². The Morgan fingerprint density at radius 3 is 1.08 bits per heavy atom. The topological polar surface area (TPSA) is 95.9 Å². The zero-order valence-corrected chi connectivity index (χ0v) is 42.6. The van der Waals surface area contributed by atoms with Crippen molar-refractivity contribution in [2.24, 2.45) is 0 Å². The van der Waals surface area contributed by atoms with Crippen molar-refractivity contribution in [3.63, 3.8) is 0 Å². The van der Waals surface area contributed by atoms with E-state index >= 15 is 0 Å². The maximum absolute atomic E-state index is 12.4. The Bertz CT molecular complexity index is 939. The van der Waals surface area contributed by atoms with Gasteiger partial charge in [-0.05, 0) is 32.1 Å². The van der Waals surface area contributed by atoms with E-state index in [1.165, 1.54) is 250 Å². The first-order chi connectivity index (χ1) is 31.0. The van der Waals surface area contributed by atoms with Crippen LogP contribution >= 0.6 is 0 Å². The molecule has 0 saturated carbocycles. The van der Waals surface area contributed by atoms with Gasteiger partial charge in [-0.15, -0.1) is 0 Å². The maximum Gasteiger partial charge on any atom is 0.305 e. The number of rotatable bonds is 53. The lowest BCUT2D eigenvalue weighted by Crippen LogP contribution is -2.45. The molecule has 6 nitrogen and oxygen atoms in total. The average Bonchev–Trinajstić information content (AvgIpc) is 3.28. The maximum atomic E-state index is 12.4. The molecule has 0 bridgehead atoms. The molecule has 2 atom stereocenters. The molecule has 0 aromatic carbocycles. The second-order valence-corrected chi connectivity index (χ2v) is 19.6. The highest BCUT2D eigenvalue weighted by molar-refractivity contribution is 5.76. The lowest BCUT2D eigenvalue weighted by atomic mass is 10.0. The van der Waals surface area contributed by atoms with E-state index in [1.54, 1.807) is 6.08 Å². The van der Waals surface area contributed by atoms with E-state index in [2.05, 4.69) is 19.2 Å². The van der Waals surface area contributed by atoms with Crippen LogP contribution in [0.4, 0.5) is 0 Å².